The molecule has 21 heavy (non-hydrogen) atoms. The molecule has 3 aromatic rings. The molecule has 106 valence electrons. The van der Waals surface area contributed by atoms with Crippen molar-refractivity contribution in [3.8, 4) is 0 Å². The van der Waals surface area contributed by atoms with Gasteiger partial charge in [0, 0.05) is 12.1 Å². The highest BCUT2D eigenvalue weighted by Gasteiger charge is 2.15. The van der Waals surface area contributed by atoms with E-state index in [4.69, 9.17) is 0 Å². The second kappa shape index (κ2) is 4.82. The first kappa shape index (κ1) is 13.0. The fourth-order valence-corrected chi connectivity index (χ4v) is 2.18. The highest BCUT2D eigenvalue weighted by Crippen LogP contribution is 2.23. The predicted octanol–water partition coefficient (Wildman–Crippen LogP) is 1.64. The van der Waals surface area contributed by atoms with Gasteiger partial charge >= 0.3 is 0 Å². The van der Waals surface area contributed by atoms with Gasteiger partial charge in [-0.3, -0.25) is 14.9 Å². The molecule has 0 aliphatic rings. The Morgan fingerprint density at radius 3 is 2.67 bits per heavy atom. The van der Waals surface area contributed by atoms with Crippen molar-refractivity contribution in [3.05, 3.63) is 63.0 Å². The van der Waals surface area contributed by atoms with E-state index in [9.17, 15) is 14.9 Å². The van der Waals surface area contributed by atoms with Gasteiger partial charge in [-0.2, -0.15) is 0 Å². The van der Waals surface area contributed by atoms with Crippen LogP contribution < -0.4 is 5.56 Å². The fraction of sp³-hybridized carbons (Fsp3) is 0.154. The van der Waals surface area contributed by atoms with Crippen molar-refractivity contribution in [2.75, 3.05) is 0 Å². The molecule has 0 aliphatic heterocycles. The number of non-ortho nitro benzene ring substituents is 1. The molecule has 1 N–H and O–H groups in total. The summed E-state index contributed by atoms with van der Waals surface area (Å²) < 4.78 is 1.76. The number of nitrogens with one attached hydrogen (secondary N) is 1. The van der Waals surface area contributed by atoms with Gasteiger partial charge in [0.15, 0.2) is 11.2 Å². The summed E-state index contributed by atoms with van der Waals surface area (Å²) >= 11 is 0. The Balaban J connectivity index is 2.04. The summed E-state index contributed by atoms with van der Waals surface area (Å²) in [6, 6.07) is 6.12. The highest BCUT2D eigenvalue weighted by molar-refractivity contribution is 5.69. The van der Waals surface area contributed by atoms with E-state index in [1.165, 1.54) is 18.5 Å². The molecule has 1 aromatic carbocycles. The average Bonchev–Trinajstić information content (AvgIpc) is 2.92. The Morgan fingerprint density at radius 2 is 2.00 bits per heavy atom. The van der Waals surface area contributed by atoms with E-state index in [0.717, 1.165) is 5.56 Å². The minimum Gasteiger partial charge on any atom is -0.311 e. The molecule has 0 saturated heterocycles. The number of H-pyrrole nitrogens is 1. The molecule has 0 spiro atoms. The Hall–Kier alpha value is -3.03. The van der Waals surface area contributed by atoms with Crippen LogP contribution in [0.5, 0.6) is 0 Å². The quantitative estimate of drug-likeness (QED) is 0.581. The average molecular weight is 285 g/mol. The van der Waals surface area contributed by atoms with E-state index >= 15 is 0 Å². The molecule has 1 atom stereocenters. The van der Waals surface area contributed by atoms with Crippen molar-refractivity contribution in [2.24, 2.45) is 0 Å². The van der Waals surface area contributed by atoms with Crippen molar-refractivity contribution >= 4 is 16.9 Å². The van der Waals surface area contributed by atoms with Gasteiger partial charge in [0.25, 0.3) is 11.2 Å². The van der Waals surface area contributed by atoms with Gasteiger partial charge in [-0.15, -0.1) is 0 Å². The molecule has 2 heterocycles. The molecule has 0 unspecified atom stereocenters. The van der Waals surface area contributed by atoms with Gasteiger partial charge in [-0.1, -0.05) is 12.1 Å². The molecule has 0 bridgehead atoms. The number of nitro benzene ring substituents is 1. The van der Waals surface area contributed by atoms with Gasteiger partial charge in [0.2, 0.25) is 0 Å². The van der Waals surface area contributed by atoms with Crippen LogP contribution in [0.25, 0.3) is 11.2 Å². The molecule has 0 saturated carbocycles. The summed E-state index contributed by atoms with van der Waals surface area (Å²) in [5, 5.41) is 10.7. The fourth-order valence-electron chi connectivity index (χ4n) is 2.18. The van der Waals surface area contributed by atoms with Crippen LogP contribution in [0.2, 0.25) is 0 Å². The first-order valence-corrected chi connectivity index (χ1v) is 6.22. The van der Waals surface area contributed by atoms with Crippen molar-refractivity contribution in [1.82, 2.24) is 19.5 Å². The van der Waals surface area contributed by atoms with Crippen LogP contribution in [-0.2, 0) is 0 Å². The molecule has 0 aliphatic carbocycles. The molecule has 2 aromatic heterocycles. The first-order chi connectivity index (χ1) is 10.1. The summed E-state index contributed by atoms with van der Waals surface area (Å²) in [5.74, 6) is 0. The van der Waals surface area contributed by atoms with Gasteiger partial charge < -0.3 is 9.55 Å². The number of fused-ring (bicyclic) bond motifs is 1. The summed E-state index contributed by atoms with van der Waals surface area (Å²) in [6.45, 7) is 1.91. The third-order valence-corrected chi connectivity index (χ3v) is 3.37. The van der Waals surface area contributed by atoms with E-state index in [0.29, 0.717) is 5.65 Å². The third-order valence-electron chi connectivity index (χ3n) is 3.37. The molecular weight excluding hydrogens is 274 g/mol. The Labute approximate surface area is 118 Å². The van der Waals surface area contributed by atoms with Gasteiger partial charge in [0.05, 0.1) is 23.6 Å². The molecule has 0 amide bonds. The van der Waals surface area contributed by atoms with E-state index < -0.39 is 4.92 Å². The zero-order valence-corrected chi connectivity index (χ0v) is 11.1. The highest BCUT2D eigenvalue weighted by atomic mass is 16.6. The van der Waals surface area contributed by atoms with E-state index in [-0.39, 0.29) is 22.8 Å². The minimum absolute atomic E-state index is 0.0380. The van der Waals surface area contributed by atoms with Crippen LogP contribution >= 0.6 is 0 Å². The maximum atomic E-state index is 11.6. The van der Waals surface area contributed by atoms with Crippen molar-refractivity contribution in [1.29, 1.82) is 0 Å². The van der Waals surface area contributed by atoms with Gasteiger partial charge in [0.1, 0.15) is 0 Å². The lowest BCUT2D eigenvalue weighted by Gasteiger charge is -2.13. The van der Waals surface area contributed by atoms with Crippen LogP contribution in [0.1, 0.15) is 18.5 Å². The summed E-state index contributed by atoms with van der Waals surface area (Å²) in [5.41, 5.74) is 1.35. The summed E-state index contributed by atoms with van der Waals surface area (Å²) in [4.78, 5) is 32.5. The Kier molecular flexibility index (Phi) is 2.98. The number of hydrogen-bond acceptors (Lipinski definition) is 5. The Morgan fingerprint density at radius 1 is 1.29 bits per heavy atom. The first-order valence-electron chi connectivity index (χ1n) is 6.22. The Bertz CT molecular complexity index is 865. The molecule has 8 nitrogen and oxygen atoms in total. The van der Waals surface area contributed by atoms with Crippen LogP contribution in [0.3, 0.4) is 0 Å². The second-order valence-corrected chi connectivity index (χ2v) is 4.58. The minimum atomic E-state index is -0.442. The van der Waals surface area contributed by atoms with Crippen molar-refractivity contribution in [2.45, 2.75) is 13.0 Å². The number of imidazole rings is 1. The zero-order chi connectivity index (χ0) is 15.0. The maximum absolute atomic E-state index is 11.6. The van der Waals surface area contributed by atoms with Gasteiger partial charge in [-0.25, -0.2) is 9.97 Å². The third kappa shape index (κ3) is 2.16. The lowest BCUT2D eigenvalue weighted by molar-refractivity contribution is -0.384. The number of aromatic nitrogens is 4. The van der Waals surface area contributed by atoms with Crippen molar-refractivity contribution in [3.63, 3.8) is 0 Å². The molecule has 3 rings (SSSR count). The van der Waals surface area contributed by atoms with E-state index in [1.807, 2.05) is 6.92 Å². The smallest absolute Gasteiger partial charge is 0.278 e. The number of rotatable bonds is 3. The normalized spacial score (nSPS) is 12.4. The number of aromatic amines is 1. The van der Waals surface area contributed by atoms with Crippen LogP contribution in [0.4, 0.5) is 5.69 Å². The second-order valence-electron chi connectivity index (χ2n) is 4.58. The summed E-state index contributed by atoms with van der Waals surface area (Å²) in [6.07, 6.45) is 2.87. The maximum Gasteiger partial charge on any atom is 0.278 e. The number of nitrogens with zero attached hydrogens (tertiary/aromatic N) is 4. The molecule has 0 radical (unpaired) electrons. The number of nitro groups is 1. The molecular formula is C13H11N5O3. The standard InChI is InChI=1S/C13H11N5O3/c1-8(9-2-4-10(5-3-9)18(20)21)17-7-16-11-12(17)14-6-15-13(11)19/h2-8H,1H3,(H,14,15,19)/t8-/m1/s1. The van der Waals surface area contributed by atoms with E-state index in [2.05, 4.69) is 15.0 Å². The predicted molar refractivity (Wildman–Crippen MR) is 75.1 cm³/mol. The van der Waals surface area contributed by atoms with Crippen LogP contribution in [-0.4, -0.2) is 24.4 Å². The van der Waals surface area contributed by atoms with Crippen LogP contribution in [0, 0.1) is 10.1 Å². The monoisotopic (exact) mass is 285 g/mol. The topological polar surface area (TPSA) is 107 Å². The lowest BCUT2D eigenvalue weighted by atomic mass is 10.1. The van der Waals surface area contributed by atoms with Crippen molar-refractivity contribution < 1.29 is 4.92 Å². The zero-order valence-electron chi connectivity index (χ0n) is 11.1. The largest absolute Gasteiger partial charge is 0.311 e. The lowest BCUT2D eigenvalue weighted by Crippen LogP contribution is -2.10. The molecule has 8 heteroatoms. The SMILES string of the molecule is C[C@H](c1ccc([N+](=O)[O-])cc1)n1cnc2c(=O)[nH]cnc21. The number of benzene rings is 1. The van der Waals surface area contributed by atoms with E-state index in [1.54, 1.807) is 23.0 Å². The van der Waals surface area contributed by atoms with Gasteiger partial charge in [-0.05, 0) is 12.5 Å². The number of hydrogen-bond donors (Lipinski definition) is 1. The summed E-state index contributed by atoms with van der Waals surface area (Å²) in [7, 11) is 0. The van der Waals surface area contributed by atoms with Crippen LogP contribution in [0.15, 0.2) is 41.7 Å². The molecule has 0 fully saturated rings.